The first-order chi connectivity index (χ1) is 11.2. The highest BCUT2D eigenvalue weighted by Gasteiger charge is 2.47. The first-order valence-corrected chi connectivity index (χ1v) is 8.48. The summed E-state index contributed by atoms with van der Waals surface area (Å²) in [5.41, 5.74) is 0.951. The summed E-state index contributed by atoms with van der Waals surface area (Å²) in [6.45, 7) is 5.09. The molecule has 2 aliphatic rings. The van der Waals surface area contributed by atoms with Gasteiger partial charge in [0.1, 0.15) is 12.2 Å². The maximum atomic E-state index is 10.6. The van der Waals surface area contributed by atoms with Crippen LogP contribution in [0.3, 0.4) is 0 Å². The van der Waals surface area contributed by atoms with Crippen LogP contribution in [0.15, 0.2) is 30.3 Å². The van der Waals surface area contributed by atoms with E-state index in [2.05, 4.69) is 6.92 Å². The van der Waals surface area contributed by atoms with Crippen LogP contribution in [0.2, 0.25) is 0 Å². The van der Waals surface area contributed by atoms with E-state index in [4.69, 9.17) is 18.9 Å². The van der Waals surface area contributed by atoms with Crippen molar-refractivity contribution in [2.24, 2.45) is 5.92 Å². The van der Waals surface area contributed by atoms with E-state index in [1.54, 1.807) is 0 Å². The van der Waals surface area contributed by atoms with E-state index in [0.29, 0.717) is 13.2 Å². The zero-order valence-electron chi connectivity index (χ0n) is 13.8. The molecule has 0 saturated carbocycles. The molecule has 0 radical (unpaired) electrons. The highest BCUT2D eigenvalue weighted by Crippen LogP contribution is 2.36. The van der Waals surface area contributed by atoms with Crippen LogP contribution >= 0.6 is 0 Å². The van der Waals surface area contributed by atoms with Crippen LogP contribution in [0.1, 0.15) is 38.5 Å². The first-order valence-electron chi connectivity index (χ1n) is 8.48. The Labute approximate surface area is 137 Å². The monoisotopic (exact) mass is 322 g/mol. The Kier molecular flexibility index (Phi) is 5.67. The lowest BCUT2D eigenvalue weighted by molar-refractivity contribution is -0.351. The Morgan fingerprint density at radius 3 is 2.74 bits per heavy atom. The van der Waals surface area contributed by atoms with Crippen LogP contribution in [0, 0.1) is 5.92 Å². The van der Waals surface area contributed by atoms with Gasteiger partial charge in [0, 0.05) is 18.1 Å². The molecule has 6 atom stereocenters. The summed E-state index contributed by atoms with van der Waals surface area (Å²) in [6.07, 6.45) is -0.127. The van der Waals surface area contributed by atoms with Crippen molar-refractivity contribution in [2.45, 2.75) is 57.6 Å². The number of aliphatic hydroxyl groups excluding tert-OH is 1. The largest absolute Gasteiger partial charge is 0.390 e. The van der Waals surface area contributed by atoms with Gasteiger partial charge < -0.3 is 24.1 Å². The Balaban J connectivity index is 1.63. The molecule has 23 heavy (non-hydrogen) atoms. The maximum absolute atomic E-state index is 10.6. The molecule has 5 heteroatoms. The van der Waals surface area contributed by atoms with Crippen molar-refractivity contribution in [3.05, 3.63) is 35.9 Å². The molecular formula is C18H26O5. The molecule has 2 aliphatic heterocycles. The summed E-state index contributed by atoms with van der Waals surface area (Å²) in [4.78, 5) is 0. The zero-order chi connectivity index (χ0) is 16.2. The smallest absolute Gasteiger partial charge is 0.184 e. The Morgan fingerprint density at radius 1 is 1.22 bits per heavy atom. The van der Waals surface area contributed by atoms with E-state index >= 15 is 0 Å². The van der Waals surface area contributed by atoms with E-state index in [1.807, 2.05) is 37.3 Å². The van der Waals surface area contributed by atoms with Gasteiger partial charge in [-0.3, -0.25) is 0 Å². The van der Waals surface area contributed by atoms with Crippen molar-refractivity contribution in [1.29, 1.82) is 0 Å². The highest BCUT2D eigenvalue weighted by atomic mass is 16.7. The van der Waals surface area contributed by atoms with E-state index in [-0.39, 0.29) is 12.0 Å². The molecular weight excluding hydrogens is 296 g/mol. The quantitative estimate of drug-likeness (QED) is 0.845. The van der Waals surface area contributed by atoms with Crippen LogP contribution in [-0.4, -0.2) is 42.9 Å². The summed E-state index contributed by atoms with van der Waals surface area (Å²) >= 11 is 0. The van der Waals surface area contributed by atoms with Gasteiger partial charge in [0.05, 0.1) is 12.7 Å². The molecule has 1 N–H and O–H groups in total. The lowest BCUT2D eigenvalue weighted by atomic mass is 9.91. The second-order valence-corrected chi connectivity index (χ2v) is 6.29. The lowest BCUT2D eigenvalue weighted by Crippen LogP contribution is -2.59. The molecule has 2 fully saturated rings. The van der Waals surface area contributed by atoms with Gasteiger partial charge in [0.25, 0.3) is 0 Å². The van der Waals surface area contributed by atoms with Crippen LogP contribution in [0.25, 0.3) is 0 Å². The van der Waals surface area contributed by atoms with Gasteiger partial charge in [-0.25, -0.2) is 0 Å². The molecule has 1 aromatic rings. The highest BCUT2D eigenvalue weighted by molar-refractivity contribution is 5.16. The minimum Gasteiger partial charge on any atom is -0.390 e. The summed E-state index contributed by atoms with van der Waals surface area (Å²) < 4.78 is 23.5. The molecule has 0 spiro atoms. The van der Waals surface area contributed by atoms with Gasteiger partial charge in [-0.15, -0.1) is 0 Å². The zero-order valence-corrected chi connectivity index (χ0v) is 13.8. The van der Waals surface area contributed by atoms with Crippen molar-refractivity contribution in [1.82, 2.24) is 0 Å². The molecule has 0 bridgehead atoms. The molecule has 2 heterocycles. The van der Waals surface area contributed by atoms with Gasteiger partial charge in [0.2, 0.25) is 0 Å². The molecule has 1 aromatic carbocycles. The van der Waals surface area contributed by atoms with Crippen LogP contribution in [0.4, 0.5) is 0 Å². The normalized spacial score (nSPS) is 37.3. The van der Waals surface area contributed by atoms with Gasteiger partial charge in [-0.05, 0) is 6.42 Å². The number of ether oxygens (including phenoxy) is 4. The SMILES string of the molecule is CCCCO[C@H]1OC2COC(c3ccccc3)O[C@H]2[C@H](O)C1C. The van der Waals surface area contributed by atoms with Gasteiger partial charge in [-0.1, -0.05) is 50.6 Å². The van der Waals surface area contributed by atoms with Crippen molar-refractivity contribution < 1.29 is 24.1 Å². The second-order valence-electron chi connectivity index (χ2n) is 6.29. The Morgan fingerprint density at radius 2 is 2.00 bits per heavy atom. The van der Waals surface area contributed by atoms with Crippen LogP contribution in [-0.2, 0) is 18.9 Å². The summed E-state index contributed by atoms with van der Waals surface area (Å²) in [6, 6.07) is 9.76. The molecule has 0 aliphatic carbocycles. The number of hydrogen-bond acceptors (Lipinski definition) is 5. The standard InChI is InChI=1S/C18H26O5/c1-3-4-10-20-17-12(2)15(19)16-14(22-17)11-21-18(23-16)13-8-6-5-7-9-13/h5-9,12,14-19H,3-4,10-11H2,1-2H3/t12?,14?,15-,16-,17+,18?/m1/s1. The molecule has 2 saturated heterocycles. The number of rotatable bonds is 5. The van der Waals surface area contributed by atoms with Crippen molar-refractivity contribution in [2.75, 3.05) is 13.2 Å². The predicted molar refractivity (Wildman–Crippen MR) is 84.7 cm³/mol. The van der Waals surface area contributed by atoms with Gasteiger partial charge in [-0.2, -0.15) is 0 Å². The molecule has 3 rings (SSSR count). The van der Waals surface area contributed by atoms with E-state index in [0.717, 1.165) is 18.4 Å². The minimum absolute atomic E-state index is 0.136. The number of fused-ring (bicyclic) bond motifs is 1. The second kappa shape index (κ2) is 7.73. The molecule has 0 amide bonds. The topological polar surface area (TPSA) is 57.2 Å². The van der Waals surface area contributed by atoms with Crippen molar-refractivity contribution >= 4 is 0 Å². The molecule has 3 unspecified atom stereocenters. The third kappa shape index (κ3) is 3.75. The fourth-order valence-electron chi connectivity index (χ4n) is 3.04. The number of aliphatic hydroxyl groups is 1. The first kappa shape index (κ1) is 16.9. The summed E-state index contributed by atoms with van der Waals surface area (Å²) in [5.74, 6) is -0.136. The van der Waals surface area contributed by atoms with Crippen molar-refractivity contribution in [3.8, 4) is 0 Å². The number of unbranched alkanes of at least 4 members (excludes halogenated alkanes) is 1. The predicted octanol–water partition coefficient (Wildman–Crippen LogP) is 2.64. The van der Waals surface area contributed by atoms with Crippen LogP contribution < -0.4 is 0 Å². The number of benzene rings is 1. The van der Waals surface area contributed by atoms with Crippen LogP contribution in [0.5, 0.6) is 0 Å². The third-order valence-electron chi connectivity index (χ3n) is 4.52. The summed E-state index contributed by atoms with van der Waals surface area (Å²) in [5, 5.41) is 10.6. The average molecular weight is 322 g/mol. The number of hydrogen-bond donors (Lipinski definition) is 1. The lowest BCUT2D eigenvalue weighted by Gasteiger charge is -2.47. The molecule has 0 aromatic heterocycles. The van der Waals surface area contributed by atoms with Gasteiger partial charge in [0.15, 0.2) is 12.6 Å². The van der Waals surface area contributed by atoms with E-state index in [1.165, 1.54) is 0 Å². The molecule has 5 nitrogen and oxygen atoms in total. The Bertz CT molecular complexity index is 478. The fourth-order valence-corrected chi connectivity index (χ4v) is 3.04. The third-order valence-corrected chi connectivity index (χ3v) is 4.52. The summed E-state index contributed by atoms with van der Waals surface area (Å²) in [7, 11) is 0. The van der Waals surface area contributed by atoms with E-state index in [9.17, 15) is 5.11 Å². The maximum Gasteiger partial charge on any atom is 0.184 e. The van der Waals surface area contributed by atoms with Gasteiger partial charge >= 0.3 is 0 Å². The van der Waals surface area contributed by atoms with Crippen molar-refractivity contribution in [3.63, 3.8) is 0 Å². The fraction of sp³-hybridized carbons (Fsp3) is 0.667. The Hall–Kier alpha value is -0.980. The molecule has 128 valence electrons. The van der Waals surface area contributed by atoms with E-state index < -0.39 is 24.8 Å². The average Bonchev–Trinajstić information content (AvgIpc) is 2.60. The minimum atomic E-state index is -0.629.